The molecule has 3 aromatic rings. The van der Waals surface area contributed by atoms with Crippen molar-refractivity contribution in [3.05, 3.63) is 87.6 Å². The Balaban J connectivity index is 1.89. The van der Waals surface area contributed by atoms with Crippen molar-refractivity contribution in [1.82, 2.24) is 4.98 Å². The van der Waals surface area contributed by atoms with E-state index in [0.717, 1.165) is 18.2 Å². The van der Waals surface area contributed by atoms with Gasteiger partial charge >= 0.3 is 6.18 Å². The minimum absolute atomic E-state index is 0.0594. The summed E-state index contributed by atoms with van der Waals surface area (Å²) in [5.74, 6) is -1.00. The zero-order valence-electron chi connectivity index (χ0n) is 15.6. The van der Waals surface area contributed by atoms with Crippen molar-refractivity contribution in [3.8, 4) is 0 Å². The monoisotopic (exact) mass is 417 g/mol. The van der Waals surface area contributed by atoms with Gasteiger partial charge in [0.25, 0.3) is 5.91 Å². The first kappa shape index (κ1) is 19.7. The Morgan fingerprint density at radius 3 is 2.23 bits per heavy atom. The lowest BCUT2D eigenvalue weighted by molar-refractivity contribution is -0.137. The van der Waals surface area contributed by atoms with E-state index in [0.29, 0.717) is 17.1 Å². The van der Waals surface area contributed by atoms with Crippen LogP contribution in [0.25, 0.3) is 0 Å². The molecule has 0 aliphatic carbocycles. The standard InChI is InChI=1S/C21H15F4N3O2/c1-12-17(8-9-19(29)26-12)28-11-27(15-5-3-14(22)4-6-15)18-10-13(21(23,24)25)2-7-16(18)20(28)30/h2-10H,11H2,1H3,(H,26,29). The average Bonchev–Trinajstić information content (AvgIpc) is 2.69. The molecule has 0 saturated heterocycles. The number of aryl methyl sites for hydroxylation is 1. The van der Waals surface area contributed by atoms with E-state index in [2.05, 4.69) is 4.98 Å². The number of aromatic nitrogens is 1. The van der Waals surface area contributed by atoms with Crippen molar-refractivity contribution in [2.45, 2.75) is 13.1 Å². The van der Waals surface area contributed by atoms with Gasteiger partial charge < -0.3 is 9.88 Å². The molecule has 0 atom stereocenters. The second kappa shape index (κ2) is 7.01. The highest BCUT2D eigenvalue weighted by molar-refractivity contribution is 6.12. The molecule has 1 aliphatic heterocycles. The summed E-state index contributed by atoms with van der Waals surface area (Å²) in [5.41, 5.74) is 0.157. The van der Waals surface area contributed by atoms with Gasteiger partial charge in [-0.3, -0.25) is 14.5 Å². The lowest BCUT2D eigenvalue weighted by Crippen LogP contribution is -2.45. The molecule has 1 amide bonds. The molecule has 1 aliphatic rings. The summed E-state index contributed by atoms with van der Waals surface area (Å²) in [6, 6.07) is 10.9. The third kappa shape index (κ3) is 3.42. The molecule has 30 heavy (non-hydrogen) atoms. The molecule has 2 aromatic carbocycles. The molecule has 0 fully saturated rings. The molecule has 1 aromatic heterocycles. The summed E-state index contributed by atoms with van der Waals surface area (Å²) in [6.07, 6.45) is -4.58. The highest BCUT2D eigenvalue weighted by atomic mass is 19.4. The van der Waals surface area contributed by atoms with Crippen molar-refractivity contribution in [1.29, 1.82) is 0 Å². The van der Waals surface area contributed by atoms with Crippen molar-refractivity contribution in [2.24, 2.45) is 0 Å². The van der Waals surface area contributed by atoms with Crippen LogP contribution in [0, 0.1) is 12.7 Å². The van der Waals surface area contributed by atoms with Gasteiger partial charge in [0, 0.05) is 17.4 Å². The predicted molar refractivity (Wildman–Crippen MR) is 103 cm³/mol. The number of nitrogens with one attached hydrogen (secondary N) is 1. The van der Waals surface area contributed by atoms with E-state index in [4.69, 9.17) is 0 Å². The van der Waals surface area contributed by atoms with Gasteiger partial charge in [0.05, 0.1) is 22.5 Å². The van der Waals surface area contributed by atoms with Gasteiger partial charge in [0.1, 0.15) is 12.5 Å². The molecule has 0 bridgehead atoms. The van der Waals surface area contributed by atoms with Crippen molar-refractivity contribution in [2.75, 3.05) is 16.5 Å². The second-order valence-electron chi connectivity index (χ2n) is 6.84. The number of rotatable bonds is 2. The van der Waals surface area contributed by atoms with E-state index < -0.39 is 23.5 Å². The van der Waals surface area contributed by atoms with Crippen LogP contribution in [0.15, 0.2) is 59.4 Å². The number of halogens is 4. The molecule has 0 spiro atoms. The van der Waals surface area contributed by atoms with Crippen molar-refractivity contribution in [3.63, 3.8) is 0 Å². The number of alkyl halides is 3. The summed E-state index contributed by atoms with van der Waals surface area (Å²) in [4.78, 5) is 30.1. The Labute approximate surface area is 168 Å². The first-order chi connectivity index (χ1) is 14.1. The number of hydrogen-bond acceptors (Lipinski definition) is 3. The zero-order valence-corrected chi connectivity index (χ0v) is 15.6. The normalized spacial score (nSPS) is 14.1. The Morgan fingerprint density at radius 1 is 0.900 bits per heavy atom. The molecule has 2 heterocycles. The fourth-order valence-electron chi connectivity index (χ4n) is 3.43. The number of hydrogen-bond donors (Lipinski definition) is 1. The lowest BCUT2D eigenvalue weighted by Gasteiger charge is -2.38. The van der Waals surface area contributed by atoms with E-state index in [-0.39, 0.29) is 23.5 Å². The van der Waals surface area contributed by atoms with Crippen LogP contribution in [0.5, 0.6) is 0 Å². The van der Waals surface area contributed by atoms with Crippen LogP contribution in [0.2, 0.25) is 0 Å². The van der Waals surface area contributed by atoms with Crippen molar-refractivity contribution >= 4 is 23.0 Å². The second-order valence-corrected chi connectivity index (χ2v) is 6.84. The fraction of sp³-hybridized carbons (Fsp3) is 0.143. The molecular formula is C21H15F4N3O2. The maximum atomic E-state index is 13.4. The number of anilines is 3. The summed E-state index contributed by atoms with van der Waals surface area (Å²) in [7, 11) is 0. The summed E-state index contributed by atoms with van der Waals surface area (Å²) in [5, 5.41) is 0. The Bertz CT molecular complexity index is 1190. The van der Waals surface area contributed by atoms with Crippen LogP contribution in [-0.4, -0.2) is 17.6 Å². The molecule has 0 unspecified atom stereocenters. The van der Waals surface area contributed by atoms with E-state index in [9.17, 15) is 27.2 Å². The largest absolute Gasteiger partial charge is 0.416 e. The molecule has 0 radical (unpaired) electrons. The summed E-state index contributed by atoms with van der Waals surface area (Å²) >= 11 is 0. The number of H-pyrrole nitrogens is 1. The van der Waals surface area contributed by atoms with E-state index in [1.165, 1.54) is 46.2 Å². The van der Waals surface area contributed by atoms with Gasteiger partial charge in [-0.05, 0) is 55.5 Å². The predicted octanol–water partition coefficient (Wildman–Crippen LogP) is 4.60. The molecule has 0 saturated carbocycles. The van der Waals surface area contributed by atoms with Crippen LogP contribution in [0.1, 0.15) is 21.6 Å². The number of pyridine rings is 1. The van der Waals surface area contributed by atoms with Gasteiger partial charge in [-0.1, -0.05) is 0 Å². The van der Waals surface area contributed by atoms with E-state index in [1.807, 2.05) is 0 Å². The van der Waals surface area contributed by atoms with Crippen LogP contribution >= 0.6 is 0 Å². The highest BCUT2D eigenvalue weighted by Crippen LogP contribution is 2.40. The van der Waals surface area contributed by atoms with Gasteiger partial charge in [-0.2, -0.15) is 13.2 Å². The third-order valence-electron chi connectivity index (χ3n) is 4.89. The first-order valence-corrected chi connectivity index (χ1v) is 8.91. The van der Waals surface area contributed by atoms with Gasteiger partial charge in [0.2, 0.25) is 5.56 Å². The first-order valence-electron chi connectivity index (χ1n) is 8.91. The average molecular weight is 417 g/mol. The Morgan fingerprint density at radius 2 is 1.60 bits per heavy atom. The summed E-state index contributed by atoms with van der Waals surface area (Å²) < 4.78 is 53.2. The topological polar surface area (TPSA) is 56.4 Å². The number of benzene rings is 2. The zero-order chi connectivity index (χ0) is 21.6. The fourth-order valence-corrected chi connectivity index (χ4v) is 3.43. The smallest absolute Gasteiger partial charge is 0.324 e. The van der Waals surface area contributed by atoms with E-state index in [1.54, 1.807) is 6.92 Å². The lowest BCUT2D eigenvalue weighted by atomic mass is 10.0. The number of fused-ring (bicyclic) bond motifs is 1. The van der Waals surface area contributed by atoms with Crippen LogP contribution in [-0.2, 0) is 6.18 Å². The van der Waals surface area contributed by atoms with Gasteiger partial charge in [-0.25, -0.2) is 4.39 Å². The quantitative estimate of drug-likeness (QED) is 0.621. The third-order valence-corrected chi connectivity index (χ3v) is 4.89. The minimum atomic E-state index is -4.58. The minimum Gasteiger partial charge on any atom is -0.324 e. The molecule has 9 heteroatoms. The Kier molecular flexibility index (Phi) is 4.60. The molecule has 5 nitrogen and oxygen atoms in total. The number of carbonyl (C=O) groups is 1. The maximum Gasteiger partial charge on any atom is 0.416 e. The van der Waals surface area contributed by atoms with Crippen LogP contribution < -0.4 is 15.4 Å². The molecule has 1 N–H and O–H groups in total. The SMILES string of the molecule is Cc1[nH]c(=O)ccc1N1CN(c2ccc(F)cc2)c2cc(C(F)(F)F)ccc2C1=O. The summed E-state index contributed by atoms with van der Waals surface area (Å²) in [6.45, 7) is 1.50. The van der Waals surface area contributed by atoms with Gasteiger partial charge in [0.15, 0.2) is 0 Å². The van der Waals surface area contributed by atoms with E-state index >= 15 is 0 Å². The number of nitrogens with zero attached hydrogens (tertiary/aromatic N) is 2. The number of aromatic amines is 1. The van der Waals surface area contributed by atoms with Crippen LogP contribution in [0.4, 0.5) is 34.6 Å². The number of amides is 1. The van der Waals surface area contributed by atoms with Crippen molar-refractivity contribution < 1.29 is 22.4 Å². The maximum absolute atomic E-state index is 13.4. The highest BCUT2D eigenvalue weighted by Gasteiger charge is 2.36. The molecule has 4 rings (SSSR count). The molecular weight excluding hydrogens is 402 g/mol. The molecule has 154 valence electrons. The number of carbonyl (C=O) groups excluding carboxylic acids is 1. The van der Waals surface area contributed by atoms with Gasteiger partial charge in [-0.15, -0.1) is 0 Å². The Hall–Kier alpha value is -3.62. The van der Waals surface area contributed by atoms with Crippen LogP contribution in [0.3, 0.4) is 0 Å².